The monoisotopic (exact) mass is 308 g/mol. The van der Waals surface area contributed by atoms with Gasteiger partial charge in [0.25, 0.3) is 5.91 Å². The molecule has 22 heavy (non-hydrogen) atoms. The molecule has 0 heterocycles. The van der Waals surface area contributed by atoms with Crippen LogP contribution in [0.2, 0.25) is 0 Å². The van der Waals surface area contributed by atoms with Gasteiger partial charge in [-0.1, -0.05) is 12.1 Å². The van der Waals surface area contributed by atoms with E-state index in [9.17, 15) is 23.6 Å². The van der Waals surface area contributed by atoms with Crippen LogP contribution in [0.15, 0.2) is 18.2 Å². The van der Waals surface area contributed by atoms with Gasteiger partial charge >= 0.3 is 0 Å². The standard InChI is InChI=1S/C15H17FN2O4/c1-10-5-3-6-11(16)13(10)15(22)18(9-20)12(7-4-8-19)14(21)17-2/h3,5-6,8-9,12H,4,7H2,1-2H3,(H,17,21). The Kier molecular flexibility index (Phi) is 6.37. The van der Waals surface area contributed by atoms with E-state index in [1.54, 1.807) is 0 Å². The van der Waals surface area contributed by atoms with Gasteiger partial charge in [0.1, 0.15) is 18.1 Å². The first-order chi connectivity index (χ1) is 10.5. The van der Waals surface area contributed by atoms with Crippen molar-refractivity contribution in [2.45, 2.75) is 25.8 Å². The minimum Gasteiger partial charge on any atom is -0.357 e. The molecule has 7 heteroatoms. The number of aldehydes is 1. The fraction of sp³-hybridized carbons (Fsp3) is 0.333. The highest BCUT2D eigenvalue weighted by molar-refractivity contribution is 6.04. The number of imide groups is 1. The molecule has 0 saturated carbocycles. The van der Waals surface area contributed by atoms with E-state index < -0.39 is 23.7 Å². The van der Waals surface area contributed by atoms with Crippen LogP contribution in [0.3, 0.4) is 0 Å². The predicted octanol–water partition coefficient (Wildman–Crippen LogP) is 0.826. The lowest BCUT2D eigenvalue weighted by molar-refractivity contribution is -0.131. The van der Waals surface area contributed by atoms with Crippen LogP contribution >= 0.6 is 0 Å². The lowest BCUT2D eigenvalue weighted by Crippen LogP contribution is -2.48. The number of carbonyl (C=O) groups is 4. The van der Waals surface area contributed by atoms with E-state index in [-0.39, 0.29) is 24.8 Å². The molecule has 118 valence electrons. The highest BCUT2D eigenvalue weighted by atomic mass is 19.1. The third-order valence-corrected chi connectivity index (χ3v) is 3.23. The summed E-state index contributed by atoms with van der Waals surface area (Å²) in [6, 6.07) is 2.90. The lowest BCUT2D eigenvalue weighted by atomic mass is 10.0. The molecule has 6 nitrogen and oxygen atoms in total. The summed E-state index contributed by atoms with van der Waals surface area (Å²) in [7, 11) is 1.35. The van der Waals surface area contributed by atoms with E-state index in [0.29, 0.717) is 16.7 Å². The van der Waals surface area contributed by atoms with Crippen molar-refractivity contribution in [3.63, 3.8) is 0 Å². The van der Waals surface area contributed by atoms with Crippen LogP contribution in [0.4, 0.5) is 4.39 Å². The quantitative estimate of drug-likeness (QED) is 0.756. The van der Waals surface area contributed by atoms with Gasteiger partial charge in [-0.2, -0.15) is 0 Å². The van der Waals surface area contributed by atoms with Crippen molar-refractivity contribution >= 4 is 24.5 Å². The molecule has 0 aromatic heterocycles. The Labute approximate surface area is 127 Å². The third-order valence-electron chi connectivity index (χ3n) is 3.23. The molecule has 1 atom stereocenters. The third kappa shape index (κ3) is 3.75. The van der Waals surface area contributed by atoms with Gasteiger partial charge in [0.2, 0.25) is 12.3 Å². The Balaban J connectivity index is 3.21. The molecule has 0 fully saturated rings. The molecule has 3 amide bonds. The molecule has 1 rings (SSSR count). The minimum absolute atomic E-state index is 0.00798. The molecule has 0 bridgehead atoms. The van der Waals surface area contributed by atoms with Gasteiger partial charge in [-0.25, -0.2) is 4.39 Å². The maximum absolute atomic E-state index is 13.9. The van der Waals surface area contributed by atoms with Gasteiger partial charge in [-0.15, -0.1) is 0 Å². The predicted molar refractivity (Wildman–Crippen MR) is 76.5 cm³/mol. The normalized spacial score (nSPS) is 11.4. The summed E-state index contributed by atoms with van der Waals surface area (Å²) in [5.41, 5.74) is 0.0810. The average molecular weight is 308 g/mol. The number of halogens is 1. The zero-order valence-electron chi connectivity index (χ0n) is 12.3. The lowest BCUT2D eigenvalue weighted by Gasteiger charge is -2.25. The topological polar surface area (TPSA) is 83.6 Å². The maximum Gasteiger partial charge on any atom is 0.264 e. The SMILES string of the molecule is CNC(=O)C(CCC=O)N(C=O)C(=O)c1c(C)cccc1F. The van der Waals surface area contributed by atoms with E-state index in [1.165, 1.54) is 26.1 Å². The molecule has 1 N–H and O–H groups in total. The van der Waals surface area contributed by atoms with Crippen LogP contribution < -0.4 is 5.32 Å². The highest BCUT2D eigenvalue weighted by Crippen LogP contribution is 2.17. The number of aryl methyl sites for hydroxylation is 1. The molecule has 1 unspecified atom stereocenters. The Bertz CT molecular complexity index is 569. The second kappa shape index (κ2) is 8.02. The van der Waals surface area contributed by atoms with Crippen LogP contribution in [0.5, 0.6) is 0 Å². The van der Waals surface area contributed by atoms with Gasteiger partial charge in [0.05, 0.1) is 5.56 Å². The van der Waals surface area contributed by atoms with Crippen molar-refractivity contribution in [3.8, 4) is 0 Å². The summed E-state index contributed by atoms with van der Waals surface area (Å²) in [5.74, 6) is -2.29. The maximum atomic E-state index is 13.9. The number of carbonyl (C=O) groups excluding carboxylic acids is 4. The molecule has 0 saturated heterocycles. The molecule has 0 aliphatic heterocycles. The zero-order chi connectivity index (χ0) is 16.7. The van der Waals surface area contributed by atoms with E-state index >= 15 is 0 Å². The summed E-state index contributed by atoms with van der Waals surface area (Å²) >= 11 is 0. The van der Waals surface area contributed by atoms with E-state index in [2.05, 4.69) is 5.32 Å². The van der Waals surface area contributed by atoms with Crippen LogP contribution in [-0.4, -0.2) is 42.5 Å². The Morgan fingerprint density at radius 3 is 2.55 bits per heavy atom. The smallest absolute Gasteiger partial charge is 0.264 e. The van der Waals surface area contributed by atoms with Gasteiger partial charge in [0.15, 0.2) is 0 Å². The van der Waals surface area contributed by atoms with E-state index in [1.807, 2.05) is 0 Å². The molecule has 0 radical (unpaired) electrons. The summed E-state index contributed by atoms with van der Waals surface area (Å²) in [4.78, 5) is 46.7. The molecule has 0 aliphatic carbocycles. The zero-order valence-corrected chi connectivity index (χ0v) is 12.3. The summed E-state index contributed by atoms with van der Waals surface area (Å²) in [6.45, 7) is 1.53. The van der Waals surface area contributed by atoms with Gasteiger partial charge in [0, 0.05) is 13.5 Å². The van der Waals surface area contributed by atoms with Gasteiger partial charge < -0.3 is 10.1 Å². The molecule has 1 aromatic carbocycles. The largest absolute Gasteiger partial charge is 0.357 e. The van der Waals surface area contributed by atoms with E-state index in [0.717, 1.165) is 6.07 Å². The number of hydrogen-bond acceptors (Lipinski definition) is 4. The van der Waals surface area contributed by atoms with Crippen molar-refractivity contribution in [2.24, 2.45) is 0 Å². The van der Waals surface area contributed by atoms with Gasteiger partial charge in [-0.05, 0) is 25.0 Å². The molecular weight excluding hydrogens is 291 g/mol. The number of amides is 3. The minimum atomic E-state index is -1.17. The van der Waals surface area contributed by atoms with Crippen molar-refractivity contribution < 1.29 is 23.6 Å². The molecule has 0 aliphatic rings. The highest BCUT2D eigenvalue weighted by Gasteiger charge is 2.31. The number of nitrogens with zero attached hydrogens (tertiary/aromatic N) is 1. The molecular formula is C15H17FN2O4. The Morgan fingerprint density at radius 2 is 2.05 bits per heavy atom. The summed E-state index contributed by atoms with van der Waals surface area (Å²) in [6.07, 6.45) is 0.726. The first kappa shape index (κ1) is 17.5. The van der Waals surface area contributed by atoms with Crippen molar-refractivity contribution in [1.82, 2.24) is 10.2 Å². The first-order valence-electron chi connectivity index (χ1n) is 6.66. The number of likely N-dealkylation sites (N-methyl/N-ethyl adjacent to an activating group) is 1. The first-order valence-corrected chi connectivity index (χ1v) is 6.66. The number of benzene rings is 1. The van der Waals surface area contributed by atoms with Crippen molar-refractivity contribution in [2.75, 3.05) is 7.05 Å². The number of nitrogens with one attached hydrogen (secondary N) is 1. The van der Waals surface area contributed by atoms with Gasteiger partial charge in [-0.3, -0.25) is 19.3 Å². The molecule has 1 aromatic rings. The Hall–Kier alpha value is -2.57. The van der Waals surface area contributed by atoms with Crippen molar-refractivity contribution in [3.05, 3.63) is 35.1 Å². The fourth-order valence-corrected chi connectivity index (χ4v) is 2.08. The van der Waals surface area contributed by atoms with Crippen LogP contribution in [-0.2, 0) is 14.4 Å². The van der Waals surface area contributed by atoms with Crippen LogP contribution in [0, 0.1) is 12.7 Å². The number of hydrogen-bond donors (Lipinski definition) is 1. The Morgan fingerprint density at radius 1 is 1.36 bits per heavy atom. The second-order valence-corrected chi connectivity index (χ2v) is 4.62. The van der Waals surface area contributed by atoms with Crippen LogP contribution in [0.1, 0.15) is 28.8 Å². The van der Waals surface area contributed by atoms with Crippen LogP contribution in [0.25, 0.3) is 0 Å². The fourth-order valence-electron chi connectivity index (χ4n) is 2.08. The van der Waals surface area contributed by atoms with E-state index in [4.69, 9.17) is 0 Å². The average Bonchev–Trinajstić information content (AvgIpc) is 2.50. The van der Waals surface area contributed by atoms with Crippen molar-refractivity contribution in [1.29, 1.82) is 0 Å². The summed E-state index contributed by atoms with van der Waals surface area (Å²) < 4.78 is 13.9. The second-order valence-electron chi connectivity index (χ2n) is 4.62. The number of rotatable bonds is 7. The summed E-state index contributed by atoms with van der Waals surface area (Å²) in [5, 5.41) is 2.32. The molecule has 0 spiro atoms.